The highest BCUT2D eigenvalue weighted by Gasteiger charge is 2.06. The summed E-state index contributed by atoms with van der Waals surface area (Å²) in [6.07, 6.45) is 3.57. The molecular weight excluding hydrogens is 358 g/mol. The van der Waals surface area contributed by atoms with Gasteiger partial charge in [-0.25, -0.2) is 4.79 Å². The smallest absolute Gasteiger partial charge is 0.411 e. The number of ether oxygens (including phenoxy) is 1. The number of nitrogens with one attached hydrogen (secondary N) is 1. The molecule has 0 unspecified atom stereocenters. The Bertz CT molecular complexity index is 905. The summed E-state index contributed by atoms with van der Waals surface area (Å²) in [6, 6.07) is 25.3. The number of anilines is 1. The van der Waals surface area contributed by atoms with Crippen molar-refractivity contribution in [2.24, 2.45) is 0 Å². The number of carbonyl (C=O) groups excluding carboxylic acids is 1. The molecule has 0 aliphatic rings. The lowest BCUT2D eigenvalue weighted by molar-refractivity contribution is 0.155. The van der Waals surface area contributed by atoms with Crippen molar-refractivity contribution in [2.75, 3.05) is 5.32 Å². The van der Waals surface area contributed by atoms with E-state index in [4.69, 9.17) is 16.3 Å². The van der Waals surface area contributed by atoms with Crippen LogP contribution in [0.2, 0.25) is 0 Å². The van der Waals surface area contributed by atoms with Gasteiger partial charge in [0.15, 0.2) is 0 Å². The summed E-state index contributed by atoms with van der Waals surface area (Å²) in [4.78, 5) is 12.1. The predicted molar refractivity (Wildman–Crippen MR) is 112 cm³/mol. The quantitative estimate of drug-likeness (QED) is 0.401. The lowest BCUT2D eigenvalue weighted by atomic mass is 10.1. The van der Waals surface area contributed by atoms with E-state index in [2.05, 4.69) is 5.32 Å². The zero-order valence-corrected chi connectivity index (χ0v) is 15.5. The van der Waals surface area contributed by atoms with Gasteiger partial charge >= 0.3 is 6.09 Å². The molecule has 3 nitrogen and oxygen atoms in total. The van der Waals surface area contributed by atoms with Crippen LogP contribution in [-0.4, -0.2) is 6.09 Å². The first-order valence-electron chi connectivity index (χ1n) is 8.64. The van der Waals surface area contributed by atoms with E-state index in [1.54, 1.807) is 12.1 Å². The molecule has 27 heavy (non-hydrogen) atoms. The molecule has 0 radical (unpaired) electrons. The number of halogens is 1. The van der Waals surface area contributed by atoms with Crippen LogP contribution in [0.5, 0.6) is 0 Å². The number of rotatable bonds is 6. The van der Waals surface area contributed by atoms with Crippen molar-refractivity contribution in [3.05, 3.63) is 101 Å². The summed E-state index contributed by atoms with van der Waals surface area (Å²) in [5, 5.41) is 2.72. The van der Waals surface area contributed by atoms with Gasteiger partial charge in [-0.2, -0.15) is 0 Å². The highest BCUT2D eigenvalue weighted by molar-refractivity contribution is 6.17. The third-order valence-corrected chi connectivity index (χ3v) is 4.33. The molecule has 0 aliphatic carbocycles. The van der Waals surface area contributed by atoms with Gasteiger partial charge in [-0.3, -0.25) is 5.32 Å². The minimum absolute atomic E-state index is 0.195. The normalized spacial score (nSPS) is 10.7. The molecule has 4 heteroatoms. The molecule has 3 rings (SSSR count). The molecule has 0 heterocycles. The van der Waals surface area contributed by atoms with Crippen LogP contribution in [0.4, 0.5) is 10.5 Å². The summed E-state index contributed by atoms with van der Waals surface area (Å²) in [5.74, 6) is 0.442. The third-order valence-electron chi connectivity index (χ3n) is 4.02. The van der Waals surface area contributed by atoms with E-state index in [9.17, 15) is 4.79 Å². The fraction of sp³-hybridized carbons (Fsp3) is 0.0870. The molecule has 0 bridgehead atoms. The van der Waals surface area contributed by atoms with Crippen molar-refractivity contribution in [1.29, 1.82) is 0 Å². The molecule has 1 N–H and O–H groups in total. The van der Waals surface area contributed by atoms with E-state index in [0.29, 0.717) is 11.6 Å². The molecule has 3 aromatic carbocycles. The fourth-order valence-electron chi connectivity index (χ4n) is 2.55. The van der Waals surface area contributed by atoms with Crippen molar-refractivity contribution in [3.63, 3.8) is 0 Å². The second-order valence-corrected chi connectivity index (χ2v) is 6.24. The average molecular weight is 378 g/mol. The van der Waals surface area contributed by atoms with Crippen LogP contribution >= 0.6 is 11.6 Å². The van der Waals surface area contributed by atoms with Crippen LogP contribution in [0.1, 0.15) is 22.3 Å². The van der Waals surface area contributed by atoms with Crippen molar-refractivity contribution < 1.29 is 9.53 Å². The topological polar surface area (TPSA) is 38.3 Å². The summed E-state index contributed by atoms with van der Waals surface area (Å²) in [5.41, 5.74) is 4.74. The average Bonchev–Trinajstić information content (AvgIpc) is 2.72. The van der Waals surface area contributed by atoms with Gasteiger partial charge in [0.05, 0.1) is 0 Å². The van der Waals surface area contributed by atoms with Crippen LogP contribution in [0, 0.1) is 0 Å². The van der Waals surface area contributed by atoms with E-state index < -0.39 is 6.09 Å². The Labute approximate surface area is 164 Å². The highest BCUT2D eigenvalue weighted by atomic mass is 35.5. The number of benzene rings is 3. The van der Waals surface area contributed by atoms with Gasteiger partial charge in [0.1, 0.15) is 6.61 Å². The molecule has 136 valence electrons. The van der Waals surface area contributed by atoms with Crippen LogP contribution in [0.3, 0.4) is 0 Å². The lowest BCUT2D eigenvalue weighted by Crippen LogP contribution is -2.13. The Morgan fingerprint density at radius 1 is 0.889 bits per heavy atom. The van der Waals surface area contributed by atoms with Crippen molar-refractivity contribution in [2.45, 2.75) is 12.5 Å². The van der Waals surface area contributed by atoms with Gasteiger partial charge in [-0.05, 0) is 34.4 Å². The summed E-state index contributed by atoms with van der Waals surface area (Å²) < 4.78 is 5.37. The van der Waals surface area contributed by atoms with Crippen LogP contribution < -0.4 is 5.32 Å². The van der Waals surface area contributed by atoms with Crippen LogP contribution in [-0.2, 0) is 17.2 Å². The van der Waals surface area contributed by atoms with Gasteiger partial charge in [0.2, 0.25) is 0 Å². The number of alkyl halides is 1. The Hall–Kier alpha value is -3.04. The SMILES string of the molecule is O=C(Nc1ccc(CCl)cc1)OCc1ccccc1/C=C/c1ccccc1. The predicted octanol–water partition coefficient (Wildman–Crippen LogP) is 6.34. The zero-order chi connectivity index (χ0) is 18.9. The Balaban J connectivity index is 1.60. The second-order valence-electron chi connectivity index (χ2n) is 5.97. The van der Waals surface area contributed by atoms with Crippen LogP contribution in [0.25, 0.3) is 12.2 Å². The van der Waals surface area contributed by atoms with Gasteiger partial charge in [0, 0.05) is 11.6 Å². The number of hydrogen-bond donors (Lipinski definition) is 1. The minimum atomic E-state index is -0.490. The summed E-state index contributed by atoms with van der Waals surface area (Å²) in [6.45, 7) is 0.195. The first-order chi connectivity index (χ1) is 13.2. The lowest BCUT2D eigenvalue weighted by Gasteiger charge is -2.09. The maximum absolute atomic E-state index is 12.1. The van der Waals surface area contributed by atoms with Gasteiger partial charge in [0.25, 0.3) is 0 Å². The molecule has 0 saturated heterocycles. The molecule has 0 aromatic heterocycles. The van der Waals surface area contributed by atoms with Crippen molar-refractivity contribution in [3.8, 4) is 0 Å². The summed E-state index contributed by atoms with van der Waals surface area (Å²) >= 11 is 5.76. The Morgan fingerprint density at radius 3 is 2.33 bits per heavy atom. The van der Waals surface area contributed by atoms with Gasteiger partial charge < -0.3 is 4.74 Å². The first-order valence-corrected chi connectivity index (χ1v) is 9.18. The van der Waals surface area contributed by atoms with E-state index in [1.807, 2.05) is 78.9 Å². The van der Waals surface area contributed by atoms with E-state index in [-0.39, 0.29) is 6.61 Å². The van der Waals surface area contributed by atoms with Crippen molar-refractivity contribution >= 4 is 35.5 Å². The van der Waals surface area contributed by atoms with Crippen LogP contribution in [0.15, 0.2) is 78.9 Å². The largest absolute Gasteiger partial charge is 0.444 e. The molecule has 0 spiro atoms. The highest BCUT2D eigenvalue weighted by Crippen LogP contribution is 2.16. The Kier molecular flexibility index (Phi) is 6.66. The number of amides is 1. The first kappa shape index (κ1) is 18.7. The maximum atomic E-state index is 12.1. The molecule has 0 atom stereocenters. The number of carbonyl (C=O) groups is 1. The van der Waals surface area contributed by atoms with Gasteiger partial charge in [-0.15, -0.1) is 11.6 Å². The standard InChI is InChI=1S/C23H20ClNO2/c24-16-19-11-14-22(15-12-19)25-23(26)27-17-21-9-5-4-8-20(21)13-10-18-6-2-1-3-7-18/h1-15H,16-17H2,(H,25,26)/b13-10+. The zero-order valence-electron chi connectivity index (χ0n) is 14.8. The number of hydrogen-bond acceptors (Lipinski definition) is 2. The molecule has 0 saturated carbocycles. The van der Waals surface area contributed by atoms with E-state index in [1.165, 1.54) is 0 Å². The third kappa shape index (κ3) is 5.73. The van der Waals surface area contributed by atoms with Crippen molar-refractivity contribution in [1.82, 2.24) is 0 Å². The molecule has 1 amide bonds. The molecule has 3 aromatic rings. The molecule has 0 aliphatic heterocycles. The van der Waals surface area contributed by atoms with E-state index >= 15 is 0 Å². The van der Waals surface area contributed by atoms with E-state index in [0.717, 1.165) is 22.3 Å². The fourth-order valence-corrected chi connectivity index (χ4v) is 2.73. The van der Waals surface area contributed by atoms with Gasteiger partial charge in [-0.1, -0.05) is 78.9 Å². The minimum Gasteiger partial charge on any atom is -0.444 e. The molecular formula is C23H20ClNO2. The molecule has 0 fully saturated rings. The monoisotopic (exact) mass is 377 g/mol. The maximum Gasteiger partial charge on any atom is 0.411 e. The second kappa shape index (κ2) is 9.60. The Morgan fingerprint density at radius 2 is 1.59 bits per heavy atom. The summed E-state index contributed by atoms with van der Waals surface area (Å²) in [7, 11) is 0.